The molecule has 0 bridgehead atoms. The van der Waals surface area contributed by atoms with Gasteiger partial charge in [0.2, 0.25) is 5.91 Å². The Morgan fingerprint density at radius 1 is 0.909 bits per heavy atom. The Hall–Kier alpha value is -0.610. The third kappa shape index (κ3) is 3.39. The molecule has 11 atom stereocenters. The van der Waals surface area contributed by atoms with Gasteiger partial charge in [-0.15, -0.1) is 0 Å². The first kappa shape index (κ1) is 24.1. The number of fused-ring (bicyclic) bond motifs is 5. The summed E-state index contributed by atoms with van der Waals surface area (Å²) in [6.07, 6.45) is 9.81. The Labute approximate surface area is 202 Å². The van der Waals surface area contributed by atoms with Crippen molar-refractivity contribution in [2.45, 2.75) is 104 Å². The number of rotatable bonds is 4. The summed E-state index contributed by atoms with van der Waals surface area (Å²) >= 11 is 0. The first-order chi connectivity index (χ1) is 15.5. The van der Waals surface area contributed by atoms with Gasteiger partial charge in [-0.2, -0.15) is 0 Å². The van der Waals surface area contributed by atoms with Crippen LogP contribution >= 0.6 is 0 Å². The van der Waals surface area contributed by atoms with Gasteiger partial charge in [-0.3, -0.25) is 4.79 Å². The molecule has 0 aromatic heterocycles. The lowest BCUT2D eigenvalue weighted by molar-refractivity contribution is -0.185. The summed E-state index contributed by atoms with van der Waals surface area (Å²) in [5, 5.41) is 11.6. The molecule has 0 aromatic carbocycles. The third-order valence-electron chi connectivity index (χ3n) is 12.4. The summed E-state index contributed by atoms with van der Waals surface area (Å²) in [5.74, 6) is 4.53. The lowest BCUT2D eigenvalue weighted by Crippen LogP contribution is -2.66. The molecule has 5 aliphatic rings. The van der Waals surface area contributed by atoms with Crippen molar-refractivity contribution in [1.82, 2.24) is 9.80 Å². The number of β-lactam (4-membered cyclic amide) rings is 1. The second kappa shape index (κ2) is 8.22. The van der Waals surface area contributed by atoms with Gasteiger partial charge >= 0.3 is 0 Å². The van der Waals surface area contributed by atoms with E-state index < -0.39 is 0 Å². The van der Waals surface area contributed by atoms with Gasteiger partial charge in [-0.25, -0.2) is 0 Å². The minimum Gasteiger partial charge on any atom is -0.391 e. The van der Waals surface area contributed by atoms with E-state index in [1.54, 1.807) is 0 Å². The largest absolute Gasteiger partial charge is 0.391 e. The van der Waals surface area contributed by atoms with Crippen molar-refractivity contribution >= 4 is 5.91 Å². The van der Waals surface area contributed by atoms with Crippen molar-refractivity contribution in [3.63, 3.8) is 0 Å². The van der Waals surface area contributed by atoms with Crippen molar-refractivity contribution in [3.8, 4) is 0 Å². The number of aliphatic hydroxyl groups excluding tert-OH is 1. The first-order valence-electron chi connectivity index (χ1n) is 14.2. The van der Waals surface area contributed by atoms with Gasteiger partial charge in [-0.1, -0.05) is 27.7 Å². The molecule has 188 valence electrons. The van der Waals surface area contributed by atoms with E-state index in [9.17, 15) is 9.90 Å². The monoisotopic (exact) mass is 458 g/mol. The molecule has 4 aliphatic carbocycles. The molecule has 0 radical (unpaired) electrons. The molecule has 4 nitrogen and oxygen atoms in total. The summed E-state index contributed by atoms with van der Waals surface area (Å²) in [6, 6.07) is 0.720. The number of carbonyl (C=O) groups is 1. The van der Waals surface area contributed by atoms with E-state index in [-0.39, 0.29) is 23.5 Å². The smallest absolute Gasteiger partial charge is 0.228 e. The lowest BCUT2D eigenvalue weighted by Gasteiger charge is -2.63. The van der Waals surface area contributed by atoms with Crippen LogP contribution in [-0.2, 0) is 4.79 Å². The number of hydrogen-bond acceptors (Lipinski definition) is 3. The average molecular weight is 459 g/mol. The van der Waals surface area contributed by atoms with Crippen LogP contribution in [-0.4, -0.2) is 59.6 Å². The standard InChI is InChI=1S/C29H50N2O2/c1-17(2)20-16-31(27(20)33)25-13-15-29(5)23-12-14-28(4)21(18(3)30(6)7)10-11-22(28)19(23)8-9-24(29)26(25)32/h17-26,32H,8-16H2,1-7H3/t18-,19+,20+,21-,22-,23+,24+,25+,26-,28-,29-/m1/s1. The van der Waals surface area contributed by atoms with Gasteiger partial charge in [0.15, 0.2) is 0 Å². The molecule has 1 aliphatic heterocycles. The maximum atomic E-state index is 12.8. The number of amides is 1. The molecular weight excluding hydrogens is 408 g/mol. The fourth-order valence-electron chi connectivity index (χ4n) is 10.1. The number of aliphatic hydroxyl groups is 1. The summed E-state index contributed by atoms with van der Waals surface area (Å²) in [5.41, 5.74) is 0.733. The van der Waals surface area contributed by atoms with E-state index >= 15 is 0 Å². The predicted molar refractivity (Wildman–Crippen MR) is 134 cm³/mol. The minimum atomic E-state index is -0.333. The molecule has 5 rings (SSSR count). The SMILES string of the molecule is CC(C)[C@@H]1CN([C@H]2CC[C@@]3(C)[C@@H](CC[C@H]4[C@H]5CC[C@H]([C@@H](C)N(C)C)[C@@]5(C)CC[C@@H]43)[C@H]2O)C1=O. The fraction of sp³-hybridized carbons (Fsp3) is 0.966. The van der Waals surface area contributed by atoms with Crippen LogP contribution in [0.3, 0.4) is 0 Å². The lowest BCUT2D eigenvalue weighted by atomic mass is 9.44. The Kier molecular flexibility index (Phi) is 6.00. The molecule has 0 spiro atoms. The number of likely N-dealkylation sites (tertiary alicyclic amines) is 1. The Balaban J connectivity index is 1.32. The second-order valence-corrected chi connectivity index (χ2v) is 13.9. The molecule has 4 saturated carbocycles. The summed E-state index contributed by atoms with van der Waals surface area (Å²) in [4.78, 5) is 17.3. The van der Waals surface area contributed by atoms with Gasteiger partial charge in [0.1, 0.15) is 0 Å². The van der Waals surface area contributed by atoms with E-state index in [1.165, 1.54) is 38.5 Å². The quantitative estimate of drug-likeness (QED) is 0.600. The number of carbonyl (C=O) groups excluding carboxylic acids is 1. The molecule has 1 N–H and O–H groups in total. The highest BCUT2D eigenvalue weighted by Gasteiger charge is 2.63. The zero-order valence-electron chi connectivity index (χ0n) is 22.4. The number of hydrogen-bond donors (Lipinski definition) is 1. The fourth-order valence-corrected chi connectivity index (χ4v) is 10.1. The van der Waals surface area contributed by atoms with Crippen molar-refractivity contribution in [2.75, 3.05) is 20.6 Å². The summed E-state index contributed by atoms with van der Waals surface area (Å²) in [6.45, 7) is 12.8. The van der Waals surface area contributed by atoms with Gasteiger partial charge in [-0.05, 0) is 119 Å². The van der Waals surface area contributed by atoms with Gasteiger partial charge in [0, 0.05) is 12.6 Å². The Morgan fingerprint density at radius 2 is 1.55 bits per heavy atom. The molecular formula is C29H50N2O2. The topological polar surface area (TPSA) is 43.8 Å². The normalized spacial score (nSPS) is 50.6. The summed E-state index contributed by atoms with van der Waals surface area (Å²) < 4.78 is 0. The predicted octanol–water partition coefficient (Wildman–Crippen LogP) is 5.05. The van der Waals surface area contributed by atoms with E-state index in [2.05, 4.69) is 53.6 Å². The maximum absolute atomic E-state index is 12.8. The molecule has 0 unspecified atom stereocenters. The number of nitrogens with zero attached hydrogens (tertiary/aromatic N) is 2. The summed E-state index contributed by atoms with van der Waals surface area (Å²) in [7, 11) is 4.51. The minimum absolute atomic E-state index is 0.0628. The zero-order chi connectivity index (χ0) is 23.9. The van der Waals surface area contributed by atoms with Crippen molar-refractivity contribution in [1.29, 1.82) is 0 Å². The van der Waals surface area contributed by atoms with Crippen molar-refractivity contribution in [3.05, 3.63) is 0 Å². The first-order valence-corrected chi connectivity index (χ1v) is 14.2. The molecule has 33 heavy (non-hydrogen) atoms. The van der Waals surface area contributed by atoms with Crippen molar-refractivity contribution < 1.29 is 9.90 Å². The van der Waals surface area contributed by atoms with Crippen LogP contribution in [0.25, 0.3) is 0 Å². The highest BCUT2D eigenvalue weighted by molar-refractivity contribution is 5.85. The van der Waals surface area contributed by atoms with E-state index in [1.807, 2.05) is 4.90 Å². The van der Waals surface area contributed by atoms with E-state index in [0.29, 0.717) is 29.2 Å². The Bertz CT molecular complexity index is 767. The molecule has 5 fully saturated rings. The van der Waals surface area contributed by atoms with Crippen LogP contribution in [0.4, 0.5) is 0 Å². The van der Waals surface area contributed by atoms with Gasteiger partial charge in [0.05, 0.1) is 18.1 Å². The van der Waals surface area contributed by atoms with Crippen LogP contribution in [0.15, 0.2) is 0 Å². The van der Waals surface area contributed by atoms with E-state index in [4.69, 9.17) is 0 Å². The third-order valence-corrected chi connectivity index (χ3v) is 12.4. The zero-order valence-corrected chi connectivity index (χ0v) is 22.4. The van der Waals surface area contributed by atoms with Crippen LogP contribution < -0.4 is 0 Å². The van der Waals surface area contributed by atoms with Crippen LogP contribution in [0.5, 0.6) is 0 Å². The highest BCUT2D eigenvalue weighted by atomic mass is 16.3. The molecule has 1 saturated heterocycles. The average Bonchev–Trinajstić information content (AvgIpc) is 3.10. The van der Waals surface area contributed by atoms with Crippen LogP contribution in [0, 0.1) is 52.3 Å². The van der Waals surface area contributed by atoms with Gasteiger partial charge in [0.25, 0.3) is 0 Å². The van der Waals surface area contributed by atoms with E-state index in [0.717, 1.165) is 43.1 Å². The molecule has 1 amide bonds. The molecule has 1 heterocycles. The maximum Gasteiger partial charge on any atom is 0.228 e. The highest BCUT2D eigenvalue weighted by Crippen LogP contribution is 2.68. The molecule has 0 aromatic rings. The molecule has 4 heteroatoms. The Morgan fingerprint density at radius 3 is 2.18 bits per heavy atom. The van der Waals surface area contributed by atoms with Crippen LogP contribution in [0.2, 0.25) is 0 Å². The van der Waals surface area contributed by atoms with Gasteiger partial charge < -0.3 is 14.9 Å². The van der Waals surface area contributed by atoms with Crippen LogP contribution in [0.1, 0.15) is 86.0 Å². The second-order valence-electron chi connectivity index (χ2n) is 13.9. The van der Waals surface area contributed by atoms with Crippen molar-refractivity contribution in [2.24, 2.45) is 52.3 Å².